The second-order valence-electron chi connectivity index (χ2n) is 5.85. The smallest absolute Gasteiger partial charge is 0.220 e. The van der Waals surface area contributed by atoms with Crippen LogP contribution in [0.25, 0.3) is 0 Å². The van der Waals surface area contributed by atoms with Crippen LogP contribution in [-0.4, -0.2) is 30.7 Å². The first-order chi connectivity index (χ1) is 8.48. The second kappa shape index (κ2) is 8.77. The number of rotatable bonds is 6. The van der Waals surface area contributed by atoms with Gasteiger partial charge in [0.2, 0.25) is 5.91 Å². The number of nitrogens with one attached hydrogen (secondary N) is 1. The Morgan fingerprint density at radius 3 is 2.63 bits per heavy atom. The lowest BCUT2D eigenvalue weighted by Crippen LogP contribution is -2.55. The number of carbonyl (C=O) groups is 1. The first-order valence-corrected chi connectivity index (χ1v) is 7.10. The van der Waals surface area contributed by atoms with Crippen LogP contribution >= 0.6 is 12.4 Å². The summed E-state index contributed by atoms with van der Waals surface area (Å²) in [5, 5.41) is 3.06. The molecule has 1 saturated heterocycles. The minimum absolute atomic E-state index is 0. The summed E-state index contributed by atoms with van der Waals surface area (Å²) in [6, 6.07) is 0. The first kappa shape index (κ1) is 18.7. The summed E-state index contributed by atoms with van der Waals surface area (Å²) in [6.45, 7) is 7.48. The van der Waals surface area contributed by atoms with E-state index in [9.17, 15) is 4.79 Å². The standard InChI is InChI=1S/C14H28N2O2.ClH/c1-11(2)14(3,10-15)16-13(17)8-7-12-6-4-5-9-18-12;/h11-12H,4-10,15H2,1-3H3,(H,16,17);1H. The molecule has 0 aliphatic carbocycles. The average Bonchev–Trinajstić information content (AvgIpc) is 2.37. The molecule has 0 spiro atoms. The zero-order valence-corrected chi connectivity index (χ0v) is 13.2. The van der Waals surface area contributed by atoms with Crippen LogP contribution < -0.4 is 11.1 Å². The molecule has 0 radical (unpaired) electrons. The lowest BCUT2D eigenvalue weighted by Gasteiger charge is -2.34. The van der Waals surface area contributed by atoms with Crippen LogP contribution in [0, 0.1) is 5.92 Å². The van der Waals surface area contributed by atoms with E-state index in [1.54, 1.807) is 0 Å². The quantitative estimate of drug-likeness (QED) is 0.789. The van der Waals surface area contributed by atoms with Crippen molar-refractivity contribution < 1.29 is 9.53 Å². The van der Waals surface area contributed by atoms with Gasteiger partial charge in [-0.1, -0.05) is 13.8 Å². The van der Waals surface area contributed by atoms with Crippen molar-refractivity contribution in [1.29, 1.82) is 0 Å². The average molecular weight is 293 g/mol. The lowest BCUT2D eigenvalue weighted by atomic mass is 9.88. The van der Waals surface area contributed by atoms with E-state index < -0.39 is 0 Å². The summed E-state index contributed by atoms with van der Waals surface area (Å²) < 4.78 is 5.63. The molecule has 114 valence electrons. The third-order valence-electron chi connectivity index (χ3n) is 4.09. The minimum atomic E-state index is -0.301. The topological polar surface area (TPSA) is 64.3 Å². The van der Waals surface area contributed by atoms with E-state index in [-0.39, 0.29) is 30.0 Å². The fourth-order valence-corrected chi connectivity index (χ4v) is 2.14. The van der Waals surface area contributed by atoms with Crippen LogP contribution in [-0.2, 0) is 9.53 Å². The van der Waals surface area contributed by atoms with E-state index in [1.165, 1.54) is 6.42 Å². The van der Waals surface area contributed by atoms with Crippen molar-refractivity contribution in [2.24, 2.45) is 11.7 Å². The molecule has 3 N–H and O–H groups in total. The molecule has 4 nitrogen and oxygen atoms in total. The maximum atomic E-state index is 11.9. The van der Waals surface area contributed by atoms with Crippen molar-refractivity contribution in [3.8, 4) is 0 Å². The van der Waals surface area contributed by atoms with E-state index in [4.69, 9.17) is 10.5 Å². The summed E-state index contributed by atoms with van der Waals surface area (Å²) in [5.41, 5.74) is 5.45. The maximum absolute atomic E-state index is 11.9. The number of hydrogen-bond donors (Lipinski definition) is 2. The molecule has 19 heavy (non-hydrogen) atoms. The number of amides is 1. The van der Waals surface area contributed by atoms with Gasteiger partial charge in [0.15, 0.2) is 0 Å². The molecule has 0 aromatic carbocycles. The Morgan fingerprint density at radius 2 is 2.16 bits per heavy atom. The summed E-state index contributed by atoms with van der Waals surface area (Å²) >= 11 is 0. The second-order valence-corrected chi connectivity index (χ2v) is 5.85. The van der Waals surface area contributed by atoms with Crippen LogP contribution in [0.3, 0.4) is 0 Å². The van der Waals surface area contributed by atoms with E-state index in [2.05, 4.69) is 19.2 Å². The zero-order valence-electron chi connectivity index (χ0n) is 12.4. The molecule has 2 atom stereocenters. The van der Waals surface area contributed by atoms with Crippen molar-refractivity contribution in [2.45, 2.75) is 64.5 Å². The third-order valence-corrected chi connectivity index (χ3v) is 4.09. The molecular weight excluding hydrogens is 264 g/mol. The zero-order chi connectivity index (χ0) is 13.6. The van der Waals surface area contributed by atoms with Gasteiger partial charge in [-0.2, -0.15) is 0 Å². The molecule has 1 amide bonds. The highest BCUT2D eigenvalue weighted by molar-refractivity contribution is 5.85. The van der Waals surface area contributed by atoms with Crippen molar-refractivity contribution in [1.82, 2.24) is 5.32 Å². The summed E-state index contributed by atoms with van der Waals surface area (Å²) in [7, 11) is 0. The number of ether oxygens (including phenoxy) is 1. The number of hydrogen-bond acceptors (Lipinski definition) is 3. The lowest BCUT2D eigenvalue weighted by molar-refractivity contribution is -0.124. The van der Waals surface area contributed by atoms with Gasteiger partial charge in [0.25, 0.3) is 0 Å². The highest BCUT2D eigenvalue weighted by Crippen LogP contribution is 2.18. The summed E-state index contributed by atoms with van der Waals surface area (Å²) in [6.07, 6.45) is 5.09. The fraction of sp³-hybridized carbons (Fsp3) is 0.929. The van der Waals surface area contributed by atoms with Gasteiger partial charge in [-0.3, -0.25) is 4.79 Å². The molecule has 0 aromatic heterocycles. The van der Waals surface area contributed by atoms with E-state index in [0.717, 1.165) is 25.9 Å². The van der Waals surface area contributed by atoms with E-state index in [0.29, 0.717) is 18.9 Å². The molecule has 1 fully saturated rings. The van der Waals surface area contributed by atoms with Gasteiger partial charge >= 0.3 is 0 Å². The largest absolute Gasteiger partial charge is 0.378 e. The van der Waals surface area contributed by atoms with Gasteiger partial charge in [0.1, 0.15) is 0 Å². The molecule has 1 aliphatic rings. The van der Waals surface area contributed by atoms with Crippen LogP contribution in [0.2, 0.25) is 0 Å². The van der Waals surface area contributed by atoms with Gasteiger partial charge in [-0.15, -0.1) is 12.4 Å². The maximum Gasteiger partial charge on any atom is 0.220 e. The summed E-state index contributed by atoms with van der Waals surface area (Å²) in [5.74, 6) is 0.420. The predicted molar refractivity (Wildman–Crippen MR) is 80.5 cm³/mol. The van der Waals surface area contributed by atoms with Gasteiger partial charge < -0.3 is 15.8 Å². The van der Waals surface area contributed by atoms with Crippen molar-refractivity contribution >= 4 is 18.3 Å². The first-order valence-electron chi connectivity index (χ1n) is 7.10. The Balaban J connectivity index is 0.00000324. The highest BCUT2D eigenvalue weighted by Gasteiger charge is 2.28. The molecule has 0 aromatic rings. The molecule has 1 rings (SSSR count). The molecule has 1 aliphatic heterocycles. The monoisotopic (exact) mass is 292 g/mol. The molecule has 1 heterocycles. The Labute approximate surface area is 123 Å². The molecule has 2 unspecified atom stereocenters. The van der Waals surface area contributed by atoms with Crippen molar-refractivity contribution in [3.05, 3.63) is 0 Å². The Hall–Kier alpha value is -0.320. The number of halogens is 1. The van der Waals surface area contributed by atoms with Gasteiger partial charge in [0, 0.05) is 19.6 Å². The van der Waals surface area contributed by atoms with E-state index in [1.807, 2.05) is 6.92 Å². The van der Waals surface area contributed by atoms with Crippen molar-refractivity contribution in [3.63, 3.8) is 0 Å². The Kier molecular flexibility index (Phi) is 8.62. The predicted octanol–water partition coefficient (Wildman–Crippen LogP) is 2.25. The molecule has 0 bridgehead atoms. The molecule has 5 heteroatoms. The normalized spacial score (nSPS) is 22.5. The third kappa shape index (κ3) is 6.11. The Morgan fingerprint density at radius 1 is 1.47 bits per heavy atom. The SMILES string of the molecule is CC(C)C(C)(CN)NC(=O)CCC1CCCCO1.Cl. The van der Waals surface area contributed by atoms with Crippen molar-refractivity contribution in [2.75, 3.05) is 13.2 Å². The highest BCUT2D eigenvalue weighted by atomic mass is 35.5. The van der Waals surface area contributed by atoms with Gasteiger partial charge in [0.05, 0.1) is 11.6 Å². The van der Waals surface area contributed by atoms with Crippen LogP contribution in [0.1, 0.15) is 52.9 Å². The molecular formula is C14H29ClN2O2. The van der Waals surface area contributed by atoms with Crippen LogP contribution in [0.4, 0.5) is 0 Å². The summed E-state index contributed by atoms with van der Waals surface area (Å²) in [4.78, 5) is 11.9. The number of nitrogens with two attached hydrogens (primary N) is 1. The minimum Gasteiger partial charge on any atom is -0.378 e. The van der Waals surface area contributed by atoms with Gasteiger partial charge in [-0.25, -0.2) is 0 Å². The van der Waals surface area contributed by atoms with Crippen LogP contribution in [0.15, 0.2) is 0 Å². The van der Waals surface area contributed by atoms with Crippen LogP contribution in [0.5, 0.6) is 0 Å². The number of carbonyl (C=O) groups excluding carboxylic acids is 1. The fourth-order valence-electron chi connectivity index (χ4n) is 2.14. The Bertz CT molecular complexity index is 268. The molecule has 0 saturated carbocycles. The van der Waals surface area contributed by atoms with E-state index >= 15 is 0 Å². The van der Waals surface area contributed by atoms with Gasteiger partial charge in [-0.05, 0) is 38.5 Å².